The topological polar surface area (TPSA) is 46.2 Å². The van der Waals surface area contributed by atoms with E-state index in [0.29, 0.717) is 5.69 Å². The van der Waals surface area contributed by atoms with Crippen molar-refractivity contribution in [3.63, 3.8) is 0 Å². The van der Waals surface area contributed by atoms with Gasteiger partial charge < -0.3 is 10.8 Å². The van der Waals surface area contributed by atoms with E-state index in [1.807, 2.05) is 13.8 Å². The summed E-state index contributed by atoms with van der Waals surface area (Å²) in [5.41, 5.74) is 8.20. The largest absolute Gasteiger partial charge is 0.505 e. The number of nitrogens with two attached hydrogens (primary N) is 1. The van der Waals surface area contributed by atoms with Crippen LogP contribution in [-0.4, -0.2) is 5.11 Å². The summed E-state index contributed by atoms with van der Waals surface area (Å²) in [6.45, 7) is 3.95. The minimum Gasteiger partial charge on any atom is -0.505 e. The highest BCUT2D eigenvalue weighted by atomic mass is 127. The number of aryl methyl sites for hydroxylation is 1. The maximum atomic E-state index is 9.38. The summed E-state index contributed by atoms with van der Waals surface area (Å²) in [4.78, 5) is 0. The molecule has 60 valence electrons. The fourth-order valence-electron chi connectivity index (χ4n) is 0.887. The zero-order chi connectivity index (χ0) is 8.59. The second kappa shape index (κ2) is 2.89. The van der Waals surface area contributed by atoms with E-state index in [4.69, 9.17) is 5.73 Å². The Morgan fingerprint density at radius 3 is 2.55 bits per heavy atom. The minimum atomic E-state index is 0.203. The Morgan fingerprint density at radius 2 is 2.00 bits per heavy atom. The van der Waals surface area contributed by atoms with Crippen molar-refractivity contribution >= 4 is 28.3 Å². The number of aromatic hydroxyl groups is 1. The molecule has 2 nitrogen and oxygen atoms in total. The van der Waals surface area contributed by atoms with Crippen LogP contribution in [0, 0.1) is 17.4 Å². The van der Waals surface area contributed by atoms with Crippen LogP contribution in [0.1, 0.15) is 11.1 Å². The first kappa shape index (κ1) is 8.64. The Bertz CT molecular complexity index is 270. The molecule has 0 aromatic heterocycles. The lowest BCUT2D eigenvalue weighted by molar-refractivity contribution is 0.473. The molecule has 11 heavy (non-hydrogen) atoms. The Labute approximate surface area is 79.6 Å². The van der Waals surface area contributed by atoms with Crippen LogP contribution in [0.25, 0.3) is 0 Å². The Morgan fingerprint density at radius 1 is 1.45 bits per heavy atom. The summed E-state index contributed by atoms with van der Waals surface area (Å²) in [5.74, 6) is 0.203. The number of nitrogen functional groups attached to an aromatic ring is 1. The SMILES string of the molecule is Cc1cc(N)c(O)c(I)c1C. The molecule has 0 aliphatic carbocycles. The Balaban J connectivity index is 3.46. The zero-order valence-electron chi connectivity index (χ0n) is 6.48. The van der Waals surface area contributed by atoms with Gasteiger partial charge in [0.25, 0.3) is 0 Å². The highest BCUT2D eigenvalue weighted by molar-refractivity contribution is 14.1. The summed E-state index contributed by atoms with van der Waals surface area (Å²) in [6.07, 6.45) is 0. The number of anilines is 1. The smallest absolute Gasteiger partial charge is 0.152 e. The van der Waals surface area contributed by atoms with E-state index in [1.54, 1.807) is 6.07 Å². The molecule has 3 heteroatoms. The van der Waals surface area contributed by atoms with Crippen molar-refractivity contribution in [2.75, 3.05) is 5.73 Å². The first-order valence-electron chi connectivity index (χ1n) is 3.28. The number of hydrogen-bond acceptors (Lipinski definition) is 2. The number of benzene rings is 1. The fraction of sp³-hybridized carbons (Fsp3) is 0.250. The van der Waals surface area contributed by atoms with Crippen molar-refractivity contribution in [3.8, 4) is 5.75 Å². The second-order valence-electron chi connectivity index (χ2n) is 2.57. The van der Waals surface area contributed by atoms with Crippen molar-refractivity contribution in [3.05, 3.63) is 20.8 Å². The number of halogens is 1. The molecule has 0 saturated carbocycles. The molecular formula is C8H10INO. The summed E-state index contributed by atoms with van der Waals surface area (Å²) in [6, 6.07) is 1.78. The van der Waals surface area contributed by atoms with Crippen LogP contribution in [0.2, 0.25) is 0 Å². The van der Waals surface area contributed by atoms with Gasteiger partial charge in [0.05, 0.1) is 9.26 Å². The van der Waals surface area contributed by atoms with Gasteiger partial charge in [-0.2, -0.15) is 0 Å². The molecule has 3 N–H and O–H groups in total. The van der Waals surface area contributed by atoms with Gasteiger partial charge in [-0.25, -0.2) is 0 Å². The fourth-order valence-corrected chi connectivity index (χ4v) is 1.62. The third kappa shape index (κ3) is 1.42. The average Bonchev–Trinajstić information content (AvgIpc) is 1.97. The summed E-state index contributed by atoms with van der Waals surface area (Å²) < 4.78 is 0.847. The number of phenolic OH excluding ortho intramolecular Hbond substituents is 1. The van der Waals surface area contributed by atoms with Crippen LogP contribution < -0.4 is 5.73 Å². The minimum absolute atomic E-state index is 0.203. The van der Waals surface area contributed by atoms with Gasteiger partial charge in [0, 0.05) is 0 Å². The van der Waals surface area contributed by atoms with Gasteiger partial charge >= 0.3 is 0 Å². The molecule has 0 bridgehead atoms. The Hall–Kier alpha value is -0.450. The monoisotopic (exact) mass is 263 g/mol. The summed E-state index contributed by atoms with van der Waals surface area (Å²) in [5, 5.41) is 9.38. The molecule has 0 aliphatic rings. The molecule has 0 aliphatic heterocycles. The number of hydrogen-bond donors (Lipinski definition) is 2. The van der Waals surface area contributed by atoms with Crippen LogP contribution in [0.3, 0.4) is 0 Å². The molecule has 0 unspecified atom stereocenters. The molecule has 0 atom stereocenters. The molecule has 0 radical (unpaired) electrons. The lowest BCUT2D eigenvalue weighted by atomic mass is 10.1. The first-order chi connectivity index (χ1) is 5.04. The van der Waals surface area contributed by atoms with Gasteiger partial charge in [-0.1, -0.05) is 0 Å². The van der Waals surface area contributed by atoms with E-state index in [1.165, 1.54) is 0 Å². The molecule has 0 spiro atoms. The van der Waals surface area contributed by atoms with Crippen LogP contribution in [0.15, 0.2) is 6.07 Å². The number of phenols is 1. The molecule has 0 fully saturated rings. The molecule has 0 amide bonds. The van der Waals surface area contributed by atoms with Crippen molar-refractivity contribution in [1.82, 2.24) is 0 Å². The van der Waals surface area contributed by atoms with Crippen molar-refractivity contribution < 1.29 is 5.11 Å². The summed E-state index contributed by atoms with van der Waals surface area (Å²) >= 11 is 2.09. The van der Waals surface area contributed by atoms with E-state index >= 15 is 0 Å². The zero-order valence-corrected chi connectivity index (χ0v) is 8.64. The van der Waals surface area contributed by atoms with E-state index in [2.05, 4.69) is 22.6 Å². The van der Waals surface area contributed by atoms with Crippen molar-refractivity contribution in [1.29, 1.82) is 0 Å². The van der Waals surface area contributed by atoms with Crippen molar-refractivity contribution in [2.24, 2.45) is 0 Å². The van der Waals surface area contributed by atoms with E-state index < -0.39 is 0 Å². The predicted molar refractivity (Wildman–Crippen MR) is 54.7 cm³/mol. The van der Waals surface area contributed by atoms with Gasteiger partial charge in [-0.05, 0) is 53.6 Å². The molecule has 1 rings (SSSR count). The van der Waals surface area contributed by atoms with Crippen molar-refractivity contribution in [2.45, 2.75) is 13.8 Å². The molecule has 1 aromatic carbocycles. The third-order valence-corrected chi connectivity index (χ3v) is 3.09. The van der Waals surface area contributed by atoms with Crippen LogP contribution >= 0.6 is 22.6 Å². The van der Waals surface area contributed by atoms with Gasteiger partial charge in [-0.15, -0.1) is 0 Å². The molecule has 1 aromatic rings. The Kier molecular flexibility index (Phi) is 2.27. The van der Waals surface area contributed by atoms with Gasteiger partial charge in [0.1, 0.15) is 0 Å². The molecule has 0 saturated heterocycles. The predicted octanol–water partition coefficient (Wildman–Crippen LogP) is 2.20. The maximum absolute atomic E-state index is 9.38. The highest BCUT2D eigenvalue weighted by Crippen LogP contribution is 2.31. The van der Waals surface area contributed by atoms with Crippen LogP contribution in [0.5, 0.6) is 5.75 Å². The van der Waals surface area contributed by atoms with Gasteiger partial charge in [0.2, 0.25) is 0 Å². The molecular weight excluding hydrogens is 253 g/mol. The van der Waals surface area contributed by atoms with E-state index in [-0.39, 0.29) is 5.75 Å². The summed E-state index contributed by atoms with van der Waals surface area (Å²) in [7, 11) is 0. The van der Waals surface area contributed by atoms with E-state index in [0.717, 1.165) is 14.7 Å². The second-order valence-corrected chi connectivity index (χ2v) is 3.65. The third-order valence-electron chi connectivity index (χ3n) is 1.77. The maximum Gasteiger partial charge on any atom is 0.152 e. The van der Waals surface area contributed by atoms with Crippen LogP contribution in [-0.2, 0) is 0 Å². The lowest BCUT2D eigenvalue weighted by Crippen LogP contribution is -1.93. The highest BCUT2D eigenvalue weighted by Gasteiger charge is 2.07. The standard InChI is InChI=1S/C8H10INO/c1-4-3-6(10)8(11)7(9)5(4)2/h3,11H,10H2,1-2H3. The average molecular weight is 263 g/mol. The van der Waals surface area contributed by atoms with Crippen LogP contribution in [0.4, 0.5) is 5.69 Å². The lowest BCUT2D eigenvalue weighted by Gasteiger charge is -2.07. The van der Waals surface area contributed by atoms with E-state index in [9.17, 15) is 5.11 Å². The first-order valence-corrected chi connectivity index (χ1v) is 4.36. The van der Waals surface area contributed by atoms with Gasteiger partial charge in [-0.3, -0.25) is 0 Å². The quantitative estimate of drug-likeness (QED) is 0.428. The van der Waals surface area contributed by atoms with Gasteiger partial charge in [0.15, 0.2) is 5.75 Å². The number of rotatable bonds is 0. The molecule has 0 heterocycles. The normalized spacial score (nSPS) is 10.1.